The number of ether oxygens (including phenoxy) is 1. The van der Waals surface area contributed by atoms with Crippen LogP contribution >= 0.6 is 27.5 Å². The standard InChI is InChI=1S/C13H9BrClFO2/c14-9-3-11(16)6-12(4-9)18-13-5-10(15)2-1-8(13)7-17/h1-6,17H,7H2. The van der Waals surface area contributed by atoms with Gasteiger partial charge in [-0.25, -0.2) is 4.39 Å². The van der Waals surface area contributed by atoms with Crippen molar-refractivity contribution in [2.75, 3.05) is 0 Å². The summed E-state index contributed by atoms with van der Waals surface area (Å²) in [5, 5.41) is 9.67. The first kappa shape index (κ1) is 13.3. The van der Waals surface area contributed by atoms with Crippen LogP contribution < -0.4 is 4.74 Å². The summed E-state index contributed by atoms with van der Waals surface area (Å²) in [5.41, 5.74) is 0.583. The lowest BCUT2D eigenvalue weighted by Gasteiger charge is -2.10. The van der Waals surface area contributed by atoms with Gasteiger partial charge >= 0.3 is 0 Å². The summed E-state index contributed by atoms with van der Waals surface area (Å²) in [4.78, 5) is 0. The minimum absolute atomic E-state index is 0.178. The lowest BCUT2D eigenvalue weighted by atomic mass is 10.2. The number of aliphatic hydroxyl groups is 1. The second kappa shape index (κ2) is 5.69. The molecule has 2 aromatic carbocycles. The summed E-state index contributed by atoms with van der Waals surface area (Å²) in [7, 11) is 0. The Morgan fingerprint density at radius 2 is 2.00 bits per heavy atom. The predicted molar refractivity (Wildman–Crippen MR) is 71.5 cm³/mol. The fourth-order valence-electron chi connectivity index (χ4n) is 1.47. The van der Waals surface area contributed by atoms with E-state index < -0.39 is 5.82 Å². The van der Waals surface area contributed by atoms with E-state index in [1.54, 1.807) is 24.3 Å². The maximum Gasteiger partial charge on any atom is 0.134 e. The van der Waals surface area contributed by atoms with Gasteiger partial charge in [0.05, 0.1) is 6.61 Å². The maximum atomic E-state index is 13.2. The average Bonchev–Trinajstić information content (AvgIpc) is 2.27. The zero-order chi connectivity index (χ0) is 13.1. The maximum absolute atomic E-state index is 13.2. The van der Waals surface area contributed by atoms with E-state index in [-0.39, 0.29) is 6.61 Å². The van der Waals surface area contributed by atoms with Gasteiger partial charge < -0.3 is 9.84 Å². The molecular formula is C13H9BrClFO2. The van der Waals surface area contributed by atoms with Crippen molar-refractivity contribution in [3.8, 4) is 11.5 Å². The van der Waals surface area contributed by atoms with Gasteiger partial charge in [-0.1, -0.05) is 33.6 Å². The molecule has 2 aromatic rings. The van der Waals surface area contributed by atoms with Gasteiger partial charge in [0.2, 0.25) is 0 Å². The first-order valence-electron chi connectivity index (χ1n) is 5.12. The molecule has 0 bridgehead atoms. The summed E-state index contributed by atoms with van der Waals surface area (Å²) in [6, 6.07) is 9.11. The van der Waals surface area contributed by atoms with E-state index in [2.05, 4.69) is 15.9 Å². The van der Waals surface area contributed by atoms with Gasteiger partial charge in [-0.3, -0.25) is 0 Å². The first-order chi connectivity index (χ1) is 8.58. The minimum Gasteiger partial charge on any atom is -0.457 e. The van der Waals surface area contributed by atoms with Gasteiger partial charge in [-0.2, -0.15) is 0 Å². The molecule has 0 amide bonds. The second-order valence-corrected chi connectivity index (χ2v) is 4.97. The summed E-state index contributed by atoms with van der Waals surface area (Å²) >= 11 is 9.04. The quantitative estimate of drug-likeness (QED) is 0.895. The Morgan fingerprint density at radius 3 is 2.67 bits per heavy atom. The fraction of sp³-hybridized carbons (Fsp3) is 0.0769. The third-order valence-electron chi connectivity index (χ3n) is 2.26. The third-order valence-corrected chi connectivity index (χ3v) is 2.96. The third kappa shape index (κ3) is 3.22. The van der Waals surface area contributed by atoms with Crippen molar-refractivity contribution in [1.29, 1.82) is 0 Å². The topological polar surface area (TPSA) is 29.5 Å². The summed E-state index contributed by atoms with van der Waals surface area (Å²) < 4.78 is 19.3. The molecule has 0 spiro atoms. The molecule has 0 aliphatic heterocycles. The van der Waals surface area contributed by atoms with Crippen LogP contribution in [0.15, 0.2) is 40.9 Å². The van der Waals surface area contributed by atoms with Crippen molar-refractivity contribution in [2.24, 2.45) is 0 Å². The molecule has 0 aliphatic carbocycles. The van der Waals surface area contributed by atoms with Crippen molar-refractivity contribution < 1.29 is 14.2 Å². The highest BCUT2D eigenvalue weighted by molar-refractivity contribution is 9.10. The molecule has 0 heterocycles. The highest BCUT2D eigenvalue weighted by Crippen LogP contribution is 2.30. The van der Waals surface area contributed by atoms with E-state index in [0.29, 0.717) is 26.6 Å². The zero-order valence-electron chi connectivity index (χ0n) is 9.16. The van der Waals surface area contributed by atoms with Crippen LogP contribution in [-0.4, -0.2) is 5.11 Å². The Bertz CT molecular complexity index is 555. The summed E-state index contributed by atoms with van der Waals surface area (Å²) in [6.45, 7) is -0.178. The molecular weight excluding hydrogens is 322 g/mol. The Kier molecular flexibility index (Phi) is 4.22. The monoisotopic (exact) mass is 330 g/mol. The van der Waals surface area contributed by atoms with Crippen molar-refractivity contribution in [2.45, 2.75) is 6.61 Å². The highest BCUT2D eigenvalue weighted by atomic mass is 79.9. The Balaban J connectivity index is 2.35. The van der Waals surface area contributed by atoms with Crippen LogP contribution in [0.2, 0.25) is 5.02 Å². The average molecular weight is 332 g/mol. The second-order valence-electron chi connectivity index (χ2n) is 3.62. The lowest BCUT2D eigenvalue weighted by molar-refractivity contribution is 0.276. The molecule has 0 aromatic heterocycles. The molecule has 0 aliphatic rings. The predicted octanol–water partition coefficient (Wildman–Crippen LogP) is 4.53. The molecule has 0 unspecified atom stereocenters. The summed E-state index contributed by atoms with van der Waals surface area (Å²) in [6.07, 6.45) is 0. The van der Waals surface area contributed by atoms with E-state index in [4.69, 9.17) is 16.3 Å². The minimum atomic E-state index is -0.410. The van der Waals surface area contributed by atoms with Crippen LogP contribution in [0.1, 0.15) is 5.56 Å². The Hall–Kier alpha value is -1.10. The van der Waals surface area contributed by atoms with Gasteiger partial charge in [-0.05, 0) is 24.3 Å². The van der Waals surface area contributed by atoms with Crippen LogP contribution in [0.25, 0.3) is 0 Å². The molecule has 0 fully saturated rings. The van der Waals surface area contributed by atoms with E-state index in [0.717, 1.165) is 0 Å². The van der Waals surface area contributed by atoms with Crippen molar-refractivity contribution in [3.63, 3.8) is 0 Å². The Labute approximate surface area is 117 Å². The molecule has 0 radical (unpaired) electrons. The number of hydrogen-bond acceptors (Lipinski definition) is 2. The molecule has 94 valence electrons. The van der Waals surface area contributed by atoms with E-state index in [1.807, 2.05) is 0 Å². The molecule has 2 rings (SSSR count). The van der Waals surface area contributed by atoms with E-state index in [9.17, 15) is 9.50 Å². The van der Waals surface area contributed by atoms with Gasteiger partial charge in [0.25, 0.3) is 0 Å². The largest absolute Gasteiger partial charge is 0.457 e. The molecule has 1 N–H and O–H groups in total. The van der Waals surface area contributed by atoms with E-state index >= 15 is 0 Å². The first-order valence-corrected chi connectivity index (χ1v) is 6.29. The molecule has 2 nitrogen and oxygen atoms in total. The zero-order valence-corrected chi connectivity index (χ0v) is 11.5. The van der Waals surface area contributed by atoms with Crippen molar-refractivity contribution in [3.05, 3.63) is 57.3 Å². The number of hydrogen-bond donors (Lipinski definition) is 1. The number of aliphatic hydroxyl groups excluding tert-OH is 1. The van der Waals surface area contributed by atoms with Crippen LogP contribution in [-0.2, 0) is 6.61 Å². The normalized spacial score (nSPS) is 10.4. The van der Waals surface area contributed by atoms with Crippen molar-refractivity contribution >= 4 is 27.5 Å². The van der Waals surface area contributed by atoms with Crippen LogP contribution in [0.5, 0.6) is 11.5 Å². The summed E-state index contributed by atoms with van der Waals surface area (Å²) in [5.74, 6) is 0.327. The van der Waals surface area contributed by atoms with E-state index in [1.165, 1.54) is 12.1 Å². The number of rotatable bonds is 3. The highest BCUT2D eigenvalue weighted by Gasteiger charge is 2.07. The number of benzene rings is 2. The van der Waals surface area contributed by atoms with Crippen LogP contribution in [0.4, 0.5) is 4.39 Å². The lowest BCUT2D eigenvalue weighted by Crippen LogP contribution is -1.92. The van der Waals surface area contributed by atoms with Crippen LogP contribution in [0, 0.1) is 5.82 Å². The molecule has 0 atom stereocenters. The SMILES string of the molecule is OCc1ccc(Cl)cc1Oc1cc(F)cc(Br)c1. The number of halogens is 3. The Morgan fingerprint density at radius 1 is 1.22 bits per heavy atom. The van der Waals surface area contributed by atoms with Crippen molar-refractivity contribution in [1.82, 2.24) is 0 Å². The van der Waals surface area contributed by atoms with Gasteiger partial charge in [0.1, 0.15) is 17.3 Å². The smallest absolute Gasteiger partial charge is 0.134 e. The molecule has 0 saturated heterocycles. The molecule has 5 heteroatoms. The molecule has 0 saturated carbocycles. The molecule has 18 heavy (non-hydrogen) atoms. The van der Waals surface area contributed by atoms with Crippen LogP contribution in [0.3, 0.4) is 0 Å². The van der Waals surface area contributed by atoms with Gasteiger partial charge in [0, 0.05) is 21.1 Å². The van der Waals surface area contributed by atoms with Gasteiger partial charge in [0.15, 0.2) is 0 Å². The fourth-order valence-corrected chi connectivity index (χ4v) is 2.07. The van der Waals surface area contributed by atoms with Gasteiger partial charge in [-0.15, -0.1) is 0 Å².